The first-order chi connectivity index (χ1) is 12.5. The molecule has 0 aromatic heterocycles. The van der Waals surface area contributed by atoms with Crippen LogP contribution in [0.3, 0.4) is 0 Å². The molecular formula is C20H34IN3O2S. The van der Waals surface area contributed by atoms with Crippen LogP contribution in [0.2, 0.25) is 0 Å². The predicted molar refractivity (Wildman–Crippen MR) is 126 cm³/mol. The molecule has 1 fully saturated rings. The Morgan fingerprint density at radius 2 is 2.00 bits per heavy atom. The van der Waals surface area contributed by atoms with Gasteiger partial charge in [0.15, 0.2) is 5.96 Å². The van der Waals surface area contributed by atoms with Crippen LogP contribution in [0.25, 0.3) is 0 Å². The Morgan fingerprint density at radius 1 is 1.30 bits per heavy atom. The fourth-order valence-electron chi connectivity index (χ4n) is 3.49. The predicted octanol–water partition coefficient (Wildman–Crippen LogP) is 3.55. The molecule has 7 heteroatoms. The Labute approximate surface area is 183 Å². The van der Waals surface area contributed by atoms with Crippen LogP contribution in [-0.2, 0) is 10.8 Å². The minimum atomic E-state index is -0.704. The number of guanidine groups is 1. The van der Waals surface area contributed by atoms with E-state index in [9.17, 15) is 4.21 Å². The number of hydrogen-bond donors (Lipinski definition) is 2. The smallest absolute Gasteiger partial charge is 0.191 e. The molecule has 1 aliphatic carbocycles. The molecule has 27 heavy (non-hydrogen) atoms. The van der Waals surface area contributed by atoms with Crippen molar-refractivity contribution in [3.8, 4) is 5.75 Å². The van der Waals surface area contributed by atoms with Gasteiger partial charge in [-0.05, 0) is 44.2 Å². The highest BCUT2D eigenvalue weighted by molar-refractivity contribution is 14.0. The first-order valence-electron chi connectivity index (χ1n) is 9.58. The van der Waals surface area contributed by atoms with Gasteiger partial charge in [0, 0.05) is 34.9 Å². The van der Waals surface area contributed by atoms with E-state index in [1.807, 2.05) is 13.0 Å². The van der Waals surface area contributed by atoms with Gasteiger partial charge in [0.1, 0.15) is 12.4 Å². The summed E-state index contributed by atoms with van der Waals surface area (Å²) in [5, 5.41) is 7.12. The van der Waals surface area contributed by atoms with E-state index in [4.69, 9.17) is 4.74 Å². The minimum absolute atomic E-state index is 0. The third-order valence-electron chi connectivity index (χ3n) is 4.90. The Hall–Kier alpha value is -0.830. The minimum Gasteiger partial charge on any atom is -0.491 e. The molecule has 3 unspecified atom stereocenters. The van der Waals surface area contributed by atoms with Crippen LogP contribution in [0.4, 0.5) is 0 Å². The number of hydrogen-bond acceptors (Lipinski definition) is 3. The highest BCUT2D eigenvalue weighted by atomic mass is 127. The van der Waals surface area contributed by atoms with Crippen molar-refractivity contribution in [2.24, 2.45) is 4.99 Å². The lowest BCUT2D eigenvalue weighted by atomic mass is 9.95. The second-order valence-electron chi connectivity index (χ2n) is 6.87. The highest BCUT2D eigenvalue weighted by Crippen LogP contribution is 2.23. The molecule has 154 valence electrons. The lowest BCUT2D eigenvalue weighted by Gasteiger charge is -2.30. The van der Waals surface area contributed by atoms with Crippen LogP contribution in [0.5, 0.6) is 5.75 Å². The quantitative estimate of drug-likeness (QED) is 0.257. The van der Waals surface area contributed by atoms with Gasteiger partial charge in [-0.1, -0.05) is 31.5 Å². The van der Waals surface area contributed by atoms with Gasteiger partial charge in [-0.15, -0.1) is 24.0 Å². The molecule has 0 spiro atoms. The lowest BCUT2D eigenvalue weighted by molar-refractivity contribution is 0.317. The molecule has 5 nitrogen and oxygen atoms in total. The van der Waals surface area contributed by atoms with Crippen LogP contribution in [0.1, 0.15) is 43.7 Å². The average Bonchev–Trinajstić information content (AvgIpc) is 2.65. The van der Waals surface area contributed by atoms with Crippen molar-refractivity contribution in [1.82, 2.24) is 10.6 Å². The molecule has 1 saturated carbocycles. The van der Waals surface area contributed by atoms with Crippen molar-refractivity contribution >= 4 is 40.7 Å². The van der Waals surface area contributed by atoms with E-state index in [-0.39, 0.29) is 24.0 Å². The van der Waals surface area contributed by atoms with Gasteiger partial charge in [0.25, 0.3) is 0 Å². The summed E-state index contributed by atoms with van der Waals surface area (Å²) in [7, 11) is 1.08. The topological polar surface area (TPSA) is 62.7 Å². The number of ether oxygens (including phenoxy) is 1. The van der Waals surface area contributed by atoms with Gasteiger partial charge in [-0.3, -0.25) is 9.20 Å². The van der Waals surface area contributed by atoms with Crippen molar-refractivity contribution in [3.63, 3.8) is 0 Å². The highest BCUT2D eigenvalue weighted by Gasteiger charge is 2.25. The number of halogens is 1. The van der Waals surface area contributed by atoms with E-state index in [2.05, 4.69) is 41.6 Å². The molecule has 3 atom stereocenters. The van der Waals surface area contributed by atoms with Crippen LogP contribution in [-0.4, -0.2) is 47.4 Å². The normalized spacial score (nSPS) is 21.1. The van der Waals surface area contributed by atoms with E-state index in [0.717, 1.165) is 54.3 Å². The van der Waals surface area contributed by atoms with Crippen LogP contribution in [0.15, 0.2) is 23.2 Å². The van der Waals surface area contributed by atoms with E-state index < -0.39 is 10.8 Å². The molecule has 1 aromatic carbocycles. The van der Waals surface area contributed by atoms with Crippen LogP contribution >= 0.6 is 24.0 Å². The molecule has 0 radical (unpaired) electrons. The van der Waals surface area contributed by atoms with Crippen molar-refractivity contribution in [1.29, 1.82) is 0 Å². The van der Waals surface area contributed by atoms with Crippen molar-refractivity contribution in [2.45, 2.75) is 57.7 Å². The third kappa shape index (κ3) is 7.60. The summed E-state index contributed by atoms with van der Waals surface area (Å²) in [6.45, 7) is 7.40. The second kappa shape index (κ2) is 12.6. The van der Waals surface area contributed by atoms with E-state index in [1.54, 1.807) is 7.05 Å². The van der Waals surface area contributed by atoms with Gasteiger partial charge in [0.05, 0.1) is 6.54 Å². The largest absolute Gasteiger partial charge is 0.491 e. The van der Waals surface area contributed by atoms with Crippen molar-refractivity contribution in [3.05, 3.63) is 29.3 Å². The number of aliphatic imine (C=N–C) groups is 1. The van der Waals surface area contributed by atoms with Gasteiger partial charge in [-0.2, -0.15) is 0 Å². The molecule has 0 aliphatic heterocycles. The van der Waals surface area contributed by atoms with Crippen LogP contribution < -0.4 is 15.4 Å². The van der Waals surface area contributed by atoms with Crippen molar-refractivity contribution < 1.29 is 8.95 Å². The van der Waals surface area contributed by atoms with E-state index in [0.29, 0.717) is 24.4 Å². The maximum atomic E-state index is 12.1. The summed E-state index contributed by atoms with van der Waals surface area (Å²) in [6, 6.07) is 6.52. The Bertz CT molecular complexity index is 619. The molecule has 0 amide bonds. The van der Waals surface area contributed by atoms with Gasteiger partial charge >= 0.3 is 0 Å². The number of benzene rings is 1. The van der Waals surface area contributed by atoms with E-state index in [1.165, 1.54) is 0 Å². The fourth-order valence-corrected chi connectivity index (χ4v) is 4.84. The number of nitrogens with one attached hydrogen (secondary N) is 2. The number of para-hydroxylation sites is 1. The van der Waals surface area contributed by atoms with Gasteiger partial charge in [-0.25, -0.2) is 0 Å². The third-order valence-corrected chi connectivity index (χ3v) is 6.64. The molecule has 0 bridgehead atoms. The molecular weight excluding hydrogens is 473 g/mol. The zero-order valence-corrected chi connectivity index (χ0v) is 20.1. The summed E-state index contributed by atoms with van der Waals surface area (Å²) < 4.78 is 18.0. The molecule has 2 rings (SSSR count). The molecule has 0 saturated heterocycles. The van der Waals surface area contributed by atoms with E-state index >= 15 is 0 Å². The molecule has 0 heterocycles. The first-order valence-corrected chi connectivity index (χ1v) is 11.0. The first kappa shape index (κ1) is 24.2. The number of nitrogens with zero attached hydrogens (tertiary/aromatic N) is 1. The SMILES string of the molecule is CCS(=O)C1CCCC(NC(=NC)NCCOc2c(C)cccc2C)C1.I. The summed E-state index contributed by atoms with van der Waals surface area (Å²) in [5.74, 6) is 2.51. The number of rotatable bonds is 7. The monoisotopic (exact) mass is 507 g/mol. The average molecular weight is 507 g/mol. The van der Waals surface area contributed by atoms with Crippen LogP contribution in [0, 0.1) is 13.8 Å². The Morgan fingerprint density at radius 3 is 2.63 bits per heavy atom. The summed E-state index contributed by atoms with van der Waals surface area (Å²) in [4.78, 5) is 4.31. The molecule has 2 N–H and O–H groups in total. The van der Waals surface area contributed by atoms with Gasteiger partial charge < -0.3 is 15.4 Å². The Balaban J connectivity index is 0.00000364. The number of aryl methyl sites for hydroxylation is 2. The molecule has 1 aromatic rings. The maximum Gasteiger partial charge on any atom is 0.191 e. The second-order valence-corrected chi connectivity index (χ2v) is 8.87. The Kier molecular flexibility index (Phi) is 11.3. The lowest BCUT2D eigenvalue weighted by Crippen LogP contribution is -2.47. The summed E-state index contributed by atoms with van der Waals surface area (Å²) >= 11 is 0. The van der Waals surface area contributed by atoms with Gasteiger partial charge in [0.2, 0.25) is 0 Å². The zero-order chi connectivity index (χ0) is 18.9. The maximum absolute atomic E-state index is 12.1. The molecule has 1 aliphatic rings. The summed E-state index contributed by atoms with van der Waals surface area (Å²) in [5.41, 5.74) is 2.31. The summed E-state index contributed by atoms with van der Waals surface area (Å²) in [6.07, 6.45) is 4.27. The zero-order valence-electron chi connectivity index (χ0n) is 16.9. The standard InChI is InChI=1S/C20H33N3O2S.HI/c1-5-26(24)18-11-7-10-17(14-18)23-20(21-4)22-12-13-25-19-15(2)8-6-9-16(19)3;/h6,8-9,17-18H,5,7,10-14H2,1-4H3,(H2,21,22,23);1H. The van der Waals surface area contributed by atoms with Crippen molar-refractivity contribution in [2.75, 3.05) is 26.0 Å². The fraction of sp³-hybridized carbons (Fsp3) is 0.650.